The third kappa shape index (κ3) is 10.1. The minimum Gasteiger partial charge on any atom is -0.508 e. The monoisotopic (exact) mass is 719 g/mol. The van der Waals surface area contributed by atoms with Crippen LogP contribution in [-0.4, -0.2) is 55.2 Å². The van der Waals surface area contributed by atoms with E-state index in [9.17, 15) is 34.2 Å². The average Bonchev–Trinajstić information content (AvgIpc) is 2.90. The first-order chi connectivity index (χ1) is 19.9. The Morgan fingerprint density at radius 3 is 1.86 bits per heavy atom. The van der Waals surface area contributed by atoms with Crippen LogP contribution in [0.5, 0.6) is 17.2 Å². The van der Waals surface area contributed by atoms with Gasteiger partial charge in [-0.3, -0.25) is 9.59 Å². The van der Waals surface area contributed by atoms with Gasteiger partial charge in [0.2, 0.25) is 13.0 Å². The van der Waals surface area contributed by atoms with Crippen LogP contribution in [-0.2, 0) is 14.3 Å². The summed E-state index contributed by atoms with van der Waals surface area (Å²) < 4.78 is 20.6. The van der Waals surface area contributed by atoms with E-state index in [4.69, 9.17) is 83.5 Å². The van der Waals surface area contributed by atoms with Crippen molar-refractivity contribution in [2.24, 2.45) is 0 Å². The van der Waals surface area contributed by atoms with Gasteiger partial charge in [0.25, 0.3) is 5.91 Å². The molecule has 1 amide bonds. The number of phenols is 1. The van der Waals surface area contributed by atoms with E-state index in [-0.39, 0.29) is 16.9 Å². The van der Waals surface area contributed by atoms with Gasteiger partial charge in [-0.05, 0) is 23.8 Å². The molecule has 0 saturated heterocycles. The number of fused-ring (bicyclic) bond motifs is 1. The molecule has 3 rings (SSSR count). The molecule has 13 nitrogen and oxygen atoms in total. The summed E-state index contributed by atoms with van der Waals surface area (Å²) in [5.74, 6) is -3.98. The Kier molecular flexibility index (Phi) is 11.1. The highest BCUT2D eigenvalue weighted by atomic mass is 35.6. The maximum absolute atomic E-state index is 13.2. The number of ether oxygens (including phenoxy) is 4. The lowest BCUT2D eigenvalue weighted by atomic mass is 10.1. The molecule has 3 N–H and O–H groups in total. The molecule has 0 saturated carbocycles. The van der Waals surface area contributed by atoms with Crippen molar-refractivity contribution in [3.05, 3.63) is 64.0 Å². The molecule has 0 bridgehead atoms. The third-order valence-corrected chi connectivity index (χ3v) is 5.58. The Morgan fingerprint density at radius 1 is 0.860 bits per heavy atom. The molecule has 0 aliphatic rings. The fraction of sp³-hybridized carbons (Fsp3) is 0.208. The molecule has 2 aromatic carbocycles. The number of hydrogen-bond donors (Lipinski definition) is 3. The Hall–Kier alpha value is -3.33. The first kappa shape index (κ1) is 34.2. The van der Waals surface area contributed by atoms with Gasteiger partial charge in [0.15, 0.2) is 17.5 Å². The smallest absolute Gasteiger partial charge is 0.508 e. The molecule has 0 aliphatic carbocycles. The van der Waals surface area contributed by atoms with E-state index in [0.29, 0.717) is 0 Å². The van der Waals surface area contributed by atoms with Gasteiger partial charge in [-0.15, -0.1) is 0 Å². The zero-order valence-corrected chi connectivity index (χ0v) is 25.3. The van der Waals surface area contributed by atoms with E-state index in [2.05, 4.69) is 14.8 Å². The lowest BCUT2D eigenvalue weighted by Gasteiger charge is -2.16. The van der Waals surface area contributed by atoms with Gasteiger partial charge in [0.1, 0.15) is 36.4 Å². The van der Waals surface area contributed by atoms with Crippen LogP contribution in [0.2, 0.25) is 0 Å². The second-order valence-corrected chi connectivity index (χ2v) is 13.2. The van der Waals surface area contributed by atoms with E-state index in [0.717, 1.165) is 18.4 Å². The number of carboxylic acids is 1. The lowest BCUT2D eigenvalue weighted by molar-refractivity contribution is -0.139. The van der Waals surface area contributed by atoms with Crippen molar-refractivity contribution >= 4 is 105 Å². The minimum absolute atomic E-state index is 0.0799. The van der Waals surface area contributed by atoms with Crippen LogP contribution in [0.25, 0.3) is 11.0 Å². The molecule has 1 heterocycles. The zero-order valence-electron chi connectivity index (χ0n) is 20.8. The normalized spacial score (nSPS) is 12.2. The van der Waals surface area contributed by atoms with Crippen LogP contribution in [0.1, 0.15) is 22.0 Å². The Bertz CT molecular complexity index is 1600. The number of nitrogens with one attached hydrogen (secondary N) is 1. The van der Waals surface area contributed by atoms with Gasteiger partial charge >= 0.3 is 18.3 Å². The maximum atomic E-state index is 13.2. The number of phenolic OH excluding ortho intramolecular Hbond substituents is 1. The summed E-state index contributed by atoms with van der Waals surface area (Å²) in [5.41, 5.74) is -1.88. The van der Waals surface area contributed by atoms with Gasteiger partial charge in [0.05, 0.1) is 5.39 Å². The van der Waals surface area contributed by atoms with E-state index < -0.39 is 78.9 Å². The predicted octanol–water partition coefficient (Wildman–Crippen LogP) is 5.83. The van der Waals surface area contributed by atoms with Crippen molar-refractivity contribution in [2.45, 2.75) is 13.6 Å². The quantitative estimate of drug-likeness (QED) is 0.144. The number of aliphatic carboxylic acids is 1. The highest BCUT2D eigenvalue weighted by Gasteiger charge is 2.28. The summed E-state index contributed by atoms with van der Waals surface area (Å²) >= 11 is 33.2. The largest absolute Gasteiger partial charge is 0.514 e. The highest BCUT2D eigenvalue weighted by molar-refractivity contribution is 6.68. The van der Waals surface area contributed by atoms with Crippen LogP contribution < -0.4 is 20.2 Å². The van der Waals surface area contributed by atoms with Crippen LogP contribution >= 0.6 is 69.6 Å². The number of rotatable bonds is 8. The lowest BCUT2D eigenvalue weighted by Crippen LogP contribution is -2.36. The molecule has 1 atom stereocenters. The number of carbonyl (C=O) groups excluding carboxylic acids is 3. The van der Waals surface area contributed by atoms with E-state index >= 15 is 0 Å². The second kappa shape index (κ2) is 14.0. The van der Waals surface area contributed by atoms with Crippen molar-refractivity contribution < 1.29 is 52.8 Å². The third-order valence-electron chi connectivity index (χ3n) is 4.93. The fourth-order valence-electron chi connectivity index (χ4n) is 3.14. The van der Waals surface area contributed by atoms with Crippen LogP contribution in [0.3, 0.4) is 0 Å². The first-order valence-electron chi connectivity index (χ1n) is 11.2. The molecule has 0 spiro atoms. The van der Waals surface area contributed by atoms with Crippen molar-refractivity contribution in [1.82, 2.24) is 5.32 Å². The van der Waals surface area contributed by atoms with Gasteiger partial charge in [-0.2, -0.15) is 0 Å². The number of hydrogen-bond acceptors (Lipinski definition) is 11. The zero-order chi connectivity index (χ0) is 32.1. The number of aromatic hydroxyl groups is 1. The second-order valence-electron chi connectivity index (χ2n) is 8.12. The van der Waals surface area contributed by atoms with Crippen molar-refractivity contribution in [1.29, 1.82) is 0 Å². The summed E-state index contributed by atoms with van der Waals surface area (Å²) in [7, 11) is 0. The molecule has 3 aromatic rings. The van der Waals surface area contributed by atoms with E-state index in [1.165, 1.54) is 24.3 Å². The summed E-state index contributed by atoms with van der Waals surface area (Å²) in [6, 6.07) is 5.06. The molecule has 43 heavy (non-hydrogen) atoms. The topological polar surface area (TPSA) is 188 Å². The molecule has 0 radical (unpaired) electrons. The van der Waals surface area contributed by atoms with Crippen LogP contribution in [0.15, 0.2) is 51.9 Å². The molecule has 1 aromatic heterocycles. The van der Waals surface area contributed by atoms with Crippen molar-refractivity contribution in [2.75, 3.05) is 13.2 Å². The van der Waals surface area contributed by atoms with Gasteiger partial charge < -0.3 is 38.9 Å². The van der Waals surface area contributed by atoms with Gasteiger partial charge in [0, 0.05) is 6.07 Å². The Labute approximate surface area is 269 Å². The van der Waals surface area contributed by atoms with Crippen molar-refractivity contribution in [3.8, 4) is 17.2 Å². The highest BCUT2D eigenvalue weighted by Crippen LogP contribution is 2.34. The van der Waals surface area contributed by atoms with E-state index in [1.807, 2.05) is 0 Å². The Morgan fingerprint density at radius 2 is 1.37 bits per heavy atom. The van der Waals surface area contributed by atoms with Crippen LogP contribution in [0, 0.1) is 0 Å². The summed E-state index contributed by atoms with van der Waals surface area (Å²) in [4.78, 5) is 62.3. The summed E-state index contributed by atoms with van der Waals surface area (Å²) in [6.45, 7) is -1.50. The predicted molar refractivity (Wildman–Crippen MR) is 153 cm³/mol. The summed E-state index contributed by atoms with van der Waals surface area (Å²) in [6.07, 6.45) is -2.18. The number of amides is 1. The number of halogens is 6. The Balaban J connectivity index is 1.98. The molecule has 0 fully saturated rings. The molecule has 19 heteroatoms. The summed E-state index contributed by atoms with van der Waals surface area (Å²) in [5, 5.41) is 20.8. The first-order valence-corrected chi connectivity index (χ1v) is 13.4. The molecule has 0 aliphatic heterocycles. The fourth-order valence-corrected chi connectivity index (χ4v) is 3.46. The van der Waals surface area contributed by atoms with Crippen LogP contribution in [0.4, 0.5) is 9.59 Å². The number of carbonyl (C=O) groups is 4. The van der Waals surface area contributed by atoms with Gasteiger partial charge in [-0.1, -0.05) is 81.7 Å². The van der Waals surface area contributed by atoms with Crippen molar-refractivity contribution in [3.63, 3.8) is 0 Å². The maximum Gasteiger partial charge on any atom is 0.514 e. The number of benzene rings is 2. The number of alkyl halides is 6. The minimum atomic E-state index is -2.01. The standard InChI is InChI=1S/C24H15Cl6NO12/c25-23(26,27)8-40-21(37)42-15-5-12-14(6-16(15)43-22(38)41-9-24(28,29)30)39-7-13(18(12)33)19(34)31-17(20(35)36)10-1-3-11(32)4-2-10/h1-7,17,32H,8-9H2,(H,31,34)(H,35,36)/t17-/m1/s1. The molecular formula is C24H15Cl6NO12. The average molecular weight is 722 g/mol. The molecule has 230 valence electrons. The van der Waals surface area contributed by atoms with Gasteiger partial charge in [-0.25, -0.2) is 14.4 Å². The SMILES string of the molecule is O=C(OCC(Cl)(Cl)Cl)Oc1cc2occ(C(=O)N[C@@H](C(=O)O)c3ccc(O)cc3)c(=O)c2cc1OC(=O)OCC(Cl)(Cl)Cl. The number of carboxylic acid groups (broad SMARTS) is 1. The van der Waals surface area contributed by atoms with E-state index in [1.54, 1.807) is 0 Å². The molecular weight excluding hydrogens is 707 g/mol. The molecule has 0 unspecified atom stereocenters.